The molecule has 0 aromatic carbocycles. The van der Waals surface area contributed by atoms with Crippen molar-refractivity contribution in [2.75, 3.05) is 11.1 Å². The van der Waals surface area contributed by atoms with Crippen LogP contribution in [0.4, 0.5) is 11.5 Å². The molecule has 1 atom stereocenters. The van der Waals surface area contributed by atoms with Gasteiger partial charge in [-0.05, 0) is 18.6 Å². The first-order valence-electron chi connectivity index (χ1n) is 5.27. The average molecular weight is 217 g/mol. The van der Waals surface area contributed by atoms with Crippen molar-refractivity contribution >= 4 is 11.5 Å². The van der Waals surface area contributed by atoms with E-state index in [1.165, 1.54) is 0 Å². The third-order valence-electron chi connectivity index (χ3n) is 2.43. The molecular weight excluding hydrogens is 202 g/mol. The molecular formula is C11H15N5. The number of H-pyrrole nitrogens is 1. The quantitative estimate of drug-likeness (QED) is 0.731. The number of imidazole rings is 1. The zero-order valence-corrected chi connectivity index (χ0v) is 9.14. The van der Waals surface area contributed by atoms with Crippen molar-refractivity contribution in [1.82, 2.24) is 15.0 Å². The Kier molecular flexibility index (Phi) is 3.05. The van der Waals surface area contributed by atoms with Crippen LogP contribution in [0.15, 0.2) is 30.7 Å². The first-order valence-corrected chi connectivity index (χ1v) is 5.27. The summed E-state index contributed by atoms with van der Waals surface area (Å²) in [7, 11) is 0. The number of hydrogen-bond donors (Lipinski definition) is 3. The second kappa shape index (κ2) is 4.65. The van der Waals surface area contributed by atoms with Gasteiger partial charge in [0.15, 0.2) is 0 Å². The van der Waals surface area contributed by atoms with E-state index in [2.05, 4.69) is 27.2 Å². The predicted octanol–water partition coefficient (Wildman–Crippen LogP) is 1.95. The second-order valence-corrected chi connectivity index (χ2v) is 3.52. The molecule has 0 fully saturated rings. The molecule has 0 radical (unpaired) electrons. The summed E-state index contributed by atoms with van der Waals surface area (Å²) in [6.45, 7) is 2.09. The molecule has 0 spiro atoms. The van der Waals surface area contributed by atoms with Gasteiger partial charge in [0.1, 0.15) is 11.6 Å². The molecule has 0 aliphatic heterocycles. The SMILES string of the molecule is CCC(Nc1cccnc1N)c1ncc[nH]1. The van der Waals surface area contributed by atoms with Crippen LogP contribution in [-0.4, -0.2) is 15.0 Å². The standard InChI is InChI=1S/C11H15N5/c1-2-8(11-14-6-7-15-11)16-9-4-3-5-13-10(9)12/h3-8,16H,2H2,1H3,(H2,12,13)(H,14,15). The summed E-state index contributed by atoms with van der Waals surface area (Å²) in [4.78, 5) is 11.4. The molecule has 2 rings (SSSR count). The number of rotatable bonds is 4. The molecule has 2 heterocycles. The first kappa shape index (κ1) is 10.5. The maximum absolute atomic E-state index is 5.77. The van der Waals surface area contributed by atoms with Crippen LogP contribution in [0.25, 0.3) is 0 Å². The van der Waals surface area contributed by atoms with E-state index in [1.54, 1.807) is 12.4 Å². The topological polar surface area (TPSA) is 79.6 Å². The predicted molar refractivity (Wildman–Crippen MR) is 63.9 cm³/mol. The summed E-state index contributed by atoms with van der Waals surface area (Å²) in [6.07, 6.45) is 6.15. The minimum atomic E-state index is 0.126. The van der Waals surface area contributed by atoms with E-state index in [4.69, 9.17) is 5.73 Å². The van der Waals surface area contributed by atoms with Crippen molar-refractivity contribution in [3.8, 4) is 0 Å². The molecule has 0 aliphatic rings. The Morgan fingerprint density at radius 1 is 1.44 bits per heavy atom. The van der Waals surface area contributed by atoms with Gasteiger partial charge in [0, 0.05) is 18.6 Å². The van der Waals surface area contributed by atoms with Crippen molar-refractivity contribution in [2.24, 2.45) is 0 Å². The molecule has 0 bridgehead atoms. The molecule has 0 amide bonds. The van der Waals surface area contributed by atoms with E-state index in [0.717, 1.165) is 17.9 Å². The third-order valence-corrected chi connectivity index (χ3v) is 2.43. The van der Waals surface area contributed by atoms with Gasteiger partial charge in [-0.25, -0.2) is 9.97 Å². The molecule has 16 heavy (non-hydrogen) atoms. The second-order valence-electron chi connectivity index (χ2n) is 3.52. The summed E-state index contributed by atoms with van der Waals surface area (Å²) < 4.78 is 0. The number of aromatic nitrogens is 3. The Morgan fingerprint density at radius 2 is 2.31 bits per heavy atom. The van der Waals surface area contributed by atoms with Crippen LogP contribution in [0, 0.1) is 0 Å². The van der Waals surface area contributed by atoms with Crippen LogP contribution in [0.3, 0.4) is 0 Å². The van der Waals surface area contributed by atoms with Gasteiger partial charge < -0.3 is 16.0 Å². The smallest absolute Gasteiger partial charge is 0.146 e. The van der Waals surface area contributed by atoms with Crippen molar-refractivity contribution in [3.05, 3.63) is 36.5 Å². The Labute approximate surface area is 94.1 Å². The molecule has 0 aliphatic carbocycles. The monoisotopic (exact) mass is 217 g/mol. The highest BCUT2D eigenvalue weighted by Crippen LogP contribution is 2.22. The highest BCUT2D eigenvalue weighted by atomic mass is 15.0. The highest BCUT2D eigenvalue weighted by molar-refractivity contribution is 5.61. The summed E-state index contributed by atoms with van der Waals surface area (Å²) in [5.74, 6) is 1.42. The van der Waals surface area contributed by atoms with Crippen LogP contribution in [-0.2, 0) is 0 Å². The Balaban J connectivity index is 2.17. The fourth-order valence-corrected chi connectivity index (χ4v) is 1.56. The van der Waals surface area contributed by atoms with Gasteiger partial charge in [0.25, 0.3) is 0 Å². The molecule has 5 nitrogen and oxygen atoms in total. The average Bonchev–Trinajstić information content (AvgIpc) is 2.81. The summed E-state index contributed by atoms with van der Waals surface area (Å²) >= 11 is 0. The van der Waals surface area contributed by atoms with E-state index in [9.17, 15) is 0 Å². The van der Waals surface area contributed by atoms with Gasteiger partial charge in [-0.2, -0.15) is 0 Å². The number of nitrogens with zero attached hydrogens (tertiary/aromatic N) is 2. The number of nitrogen functional groups attached to an aromatic ring is 1. The molecule has 5 heteroatoms. The van der Waals surface area contributed by atoms with Crippen LogP contribution >= 0.6 is 0 Å². The third kappa shape index (κ3) is 2.13. The zero-order chi connectivity index (χ0) is 11.4. The van der Waals surface area contributed by atoms with Crippen molar-refractivity contribution < 1.29 is 0 Å². The van der Waals surface area contributed by atoms with Crippen LogP contribution < -0.4 is 11.1 Å². The van der Waals surface area contributed by atoms with E-state index < -0.39 is 0 Å². The van der Waals surface area contributed by atoms with E-state index >= 15 is 0 Å². The zero-order valence-electron chi connectivity index (χ0n) is 9.14. The number of hydrogen-bond acceptors (Lipinski definition) is 4. The fraction of sp³-hybridized carbons (Fsp3) is 0.273. The Bertz CT molecular complexity index is 437. The first-order chi connectivity index (χ1) is 7.81. The van der Waals surface area contributed by atoms with Crippen molar-refractivity contribution in [1.29, 1.82) is 0 Å². The van der Waals surface area contributed by atoms with Gasteiger partial charge in [0.05, 0.1) is 11.7 Å². The summed E-state index contributed by atoms with van der Waals surface area (Å²) in [5.41, 5.74) is 6.61. The molecule has 4 N–H and O–H groups in total. The molecule has 1 unspecified atom stereocenters. The van der Waals surface area contributed by atoms with Crippen LogP contribution in [0.1, 0.15) is 25.2 Å². The number of pyridine rings is 1. The summed E-state index contributed by atoms with van der Waals surface area (Å²) in [5, 5.41) is 3.32. The molecule has 2 aromatic rings. The van der Waals surface area contributed by atoms with Gasteiger partial charge in [-0.15, -0.1) is 0 Å². The van der Waals surface area contributed by atoms with Gasteiger partial charge in [0.2, 0.25) is 0 Å². The number of nitrogens with two attached hydrogens (primary N) is 1. The maximum atomic E-state index is 5.77. The Morgan fingerprint density at radius 3 is 2.94 bits per heavy atom. The van der Waals surface area contributed by atoms with Crippen molar-refractivity contribution in [3.63, 3.8) is 0 Å². The van der Waals surface area contributed by atoms with E-state index in [-0.39, 0.29) is 6.04 Å². The molecule has 0 saturated carbocycles. The van der Waals surface area contributed by atoms with E-state index in [0.29, 0.717) is 5.82 Å². The number of nitrogens with one attached hydrogen (secondary N) is 2. The lowest BCUT2D eigenvalue weighted by Gasteiger charge is -2.16. The van der Waals surface area contributed by atoms with Gasteiger partial charge in [-0.3, -0.25) is 0 Å². The van der Waals surface area contributed by atoms with Gasteiger partial charge >= 0.3 is 0 Å². The lowest BCUT2D eigenvalue weighted by molar-refractivity contribution is 0.704. The maximum Gasteiger partial charge on any atom is 0.146 e. The van der Waals surface area contributed by atoms with Crippen molar-refractivity contribution in [2.45, 2.75) is 19.4 Å². The normalized spacial score (nSPS) is 12.3. The lowest BCUT2D eigenvalue weighted by Crippen LogP contribution is -2.12. The Hall–Kier alpha value is -2.04. The molecule has 0 saturated heterocycles. The molecule has 2 aromatic heterocycles. The van der Waals surface area contributed by atoms with Crippen LogP contribution in [0.2, 0.25) is 0 Å². The minimum absolute atomic E-state index is 0.126. The number of anilines is 2. The lowest BCUT2D eigenvalue weighted by atomic mass is 10.2. The largest absolute Gasteiger partial charge is 0.382 e. The molecule has 84 valence electrons. The van der Waals surface area contributed by atoms with Crippen LogP contribution in [0.5, 0.6) is 0 Å². The fourth-order valence-electron chi connectivity index (χ4n) is 1.56. The van der Waals surface area contributed by atoms with Gasteiger partial charge in [-0.1, -0.05) is 6.92 Å². The number of aromatic amines is 1. The minimum Gasteiger partial charge on any atom is -0.382 e. The highest BCUT2D eigenvalue weighted by Gasteiger charge is 2.12. The summed E-state index contributed by atoms with van der Waals surface area (Å²) in [6, 6.07) is 3.89. The van der Waals surface area contributed by atoms with E-state index in [1.807, 2.05) is 18.3 Å².